The molecule has 0 amide bonds. The van der Waals surface area contributed by atoms with Crippen molar-refractivity contribution < 1.29 is 37.9 Å². The Kier molecular flexibility index (Phi) is 17.1. The lowest BCUT2D eigenvalue weighted by atomic mass is 9.96. The second kappa shape index (κ2) is 24.1. The molecule has 6 aromatic carbocycles. The van der Waals surface area contributed by atoms with Crippen molar-refractivity contribution in [1.82, 2.24) is 5.32 Å². The van der Waals surface area contributed by atoms with E-state index in [2.05, 4.69) is 78.1 Å². The van der Waals surface area contributed by atoms with Crippen LogP contribution in [0.4, 0.5) is 0 Å². The minimum Gasteiger partial charge on any atom is -0.374 e. The Balaban J connectivity index is 1.07. The minimum absolute atomic E-state index is 0.168. The van der Waals surface area contributed by atoms with Crippen molar-refractivity contribution in [1.29, 1.82) is 0 Å². The fraction of sp³-hybridized carbons (Fsp3) is 0.333. The molecule has 2 fully saturated rings. The van der Waals surface area contributed by atoms with Gasteiger partial charge in [-0.1, -0.05) is 182 Å². The van der Waals surface area contributed by atoms with Crippen molar-refractivity contribution >= 4 is 0 Å². The monoisotopic (exact) mass is 849 g/mol. The van der Waals surface area contributed by atoms with Crippen LogP contribution >= 0.6 is 0 Å². The SMILES string of the molecule is c1ccc(COC[C@H]2O[C@H](OC[C@@H]3NCC[C@@H](OCc4ccccc4)[C@@H]3OCc3ccccc3)[C@H](OCc3ccccc3)[C@@H](OCc3ccccc3)[C@H]2OCc2ccccc2)cc1. The molecule has 0 aliphatic carbocycles. The van der Waals surface area contributed by atoms with E-state index in [-0.39, 0.29) is 31.5 Å². The van der Waals surface area contributed by atoms with Crippen LogP contribution in [0.1, 0.15) is 39.8 Å². The van der Waals surface area contributed by atoms with Gasteiger partial charge in [-0.15, -0.1) is 0 Å². The number of benzene rings is 6. The number of rotatable bonds is 22. The van der Waals surface area contributed by atoms with E-state index < -0.39 is 30.7 Å². The molecule has 0 bridgehead atoms. The molecule has 0 saturated carbocycles. The topological polar surface area (TPSA) is 85.9 Å². The molecular formula is C54H59NO8. The summed E-state index contributed by atoms with van der Waals surface area (Å²) in [6, 6.07) is 60.9. The first-order valence-corrected chi connectivity index (χ1v) is 22.1. The van der Waals surface area contributed by atoms with E-state index in [9.17, 15) is 0 Å². The van der Waals surface area contributed by atoms with Crippen LogP contribution in [0, 0.1) is 0 Å². The van der Waals surface area contributed by atoms with Crippen molar-refractivity contribution in [2.24, 2.45) is 0 Å². The molecule has 9 nitrogen and oxygen atoms in total. The third-order valence-corrected chi connectivity index (χ3v) is 11.5. The largest absolute Gasteiger partial charge is 0.374 e. The summed E-state index contributed by atoms with van der Waals surface area (Å²) in [5.41, 5.74) is 6.37. The Morgan fingerprint density at radius 3 is 1.22 bits per heavy atom. The number of hydrogen-bond donors (Lipinski definition) is 1. The summed E-state index contributed by atoms with van der Waals surface area (Å²) in [7, 11) is 0. The molecular weight excluding hydrogens is 791 g/mol. The van der Waals surface area contributed by atoms with Gasteiger partial charge in [0.2, 0.25) is 0 Å². The molecule has 2 aliphatic rings. The van der Waals surface area contributed by atoms with Gasteiger partial charge < -0.3 is 43.2 Å². The molecule has 2 heterocycles. The highest BCUT2D eigenvalue weighted by Gasteiger charge is 2.50. The second-order valence-corrected chi connectivity index (χ2v) is 16.1. The third kappa shape index (κ3) is 13.5. The van der Waals surface area contributed by atoms with Crippen LogP contribution in [0.25, 0.3) is 0 Å². The molecule has 63 heavy (non-hydrogen) atoms. The van der Waals surface area contributed by atoms with Crippen LogP contribution in [-0.4, -0.2) is 68.7 Å². The average molecular weight is 850 g/mol. The maximum absolute atomic E-state index is 7.02. The van der Waals surface area contributed by atoms with Crippen LogP contribution in [0.3, 0.4) is 0 Å². The van der Waals surface area contributed by atoms with Crippen molar-refractivity contribution in [3.05, 3.63) is 215 Å². The Morgan fingerprint density at radius 2 is 0.762 bits per heavy atom. The van der Waals surface area contributed by atoms with E-state index in [1.54, 1.807) is 0 Å². The Hall–Kier alpha value is -5.04. The van der Waals surface area contributed by atoms with Gasteiger partial charge >= 0.3 is 0 Å². The fourth-order valence-corrected chi connectivity index (χ4v) is 8.13. The van der Waals surface area contributed by atoms with Gasteiger partial charge in [-0.25, -0.2) is 0 Å². The molecule has 0 radical (unpaired) electrons. The van der Waals surface area contributed by atoms with Gasteiger partial charge in [0.1, 0.15) is 30.5 Å². The molecule has 0 spiro atoms. The summed E-state index contributed by atoms with van der Waals surface area (Å²) in [6.07, 6.45) is -2.96. The maximum atomic E-state index is 7.02. The van der Waals surface area contributed by atoms with Crippen LogP contribution in [0.15, 0.2) is 182 Å². The normalized spacial score (nSPS) is 23.6. The standard InChI is InChI=1S/C54H59NO8/c1-7-19-41(20-8-1)33-56-40-49-51(59-36-44-25-13-4-14-26-44)52(60-37-45-27-15-5-16-28-45)53(61-38-46-29-17-6-18-30-46)54(63-49)62-39-47-50(58-35-43-23-11-3-12-24-43)48(31-32-55-47)57-34-42-21-9-2-10-22-42/h1-30,47-55H,31-40H2/t47-,48+,49+,50+,51-,52-,53+,54-/m0/s1. The summed E-state index contributed by atoms with van der Waals surface area (Å²) in [5, 5.41) is 3.71. The zero-order chi connectivity index (χ0) is 42.7. The summed E-state index contributed by atoms with van der Waals surface area (Å²) in [6.45, 7) is 3.60. The molecule has 8 rings (SSSR count). The van der Waals surface area contributed by atoms with Gasteiger partial charge in [-0.3, -0.25) is 0 Å². The predicted molar refractivity (Wildman–Crippen MR) is 242 cm³/mol. The van der Waals surface area contributed by atoms with Crippen molar-refractivity contribution in [2.45, 2.75) is 95.0 Å². The Bertz CT molecular complexity index is 2130. The molecule has 6 aromatic rings. The Morgan fingerprint density at radius 1 is 0.381 bits per heavy atom. The number of ether oxygens (including phenoxy) is 8. The average Bonchev–Trinajstić information content (AvgIpc) is 3.35. The van der Waals surface area contributed by atoms with E-state index >= 15 is 0 Å². The lowest BCUT2D eigenvalue weighted by molar-refractivity contribution is -0.330. The van der Waals surface area contributed by atoms with Crippen molar-refractivity contribution in [2.75, 3.05) is 19.8 Å². The van der Waals surface area contributed by atoms with E-state index in [0.29, 0.717) is 39.6 Å². The van der Waals surface area contributed by atoms with Crippen LogP contribution < -0.4 is 5.32 Å². The van der Waals surface area contributed by atoms with E-state index in [4.69, 9.17) is 37.9 Å². The second-order valence-electron chi connectivity index (χ2n) is 16.1. The first kappa shape index (κ1) is 44.6. The van der Waals surface area contributed by atoms with E-state index in [1.165, 1.54) is 0 Å². The van der Waals surface area contributed by atoms with Gasteiger partial charge in [0.25, 0.3) is 0 Å². The zero-order valence-corrected chi connectivity index (χ0v) is 35.8. The van der Waals surface area contributed by atoms with Crippen molar-refractivity contribution in [3.8, 4) is 0 Å². The van der Waals surface area contributed by atoms with Crippen LogP contribution in [0.2, 0.25) is 0 Å². The third-order valence-electron chi connectivity index (χ3n) is 11.5. The summed E-state index contributed by atoms with van der Waals surface area (Å²) in [4.78, 5) is 0. The van der Waals surface area contributed by atoms with Gasteiger partial charge in [0.05, 0.1) is 65.0 Å². The van der Waals surface area contributed by atoms with Gasteiger partial charge in [-0.2, -0.15) is 0 Å². The fourth-order valence-electron chi connectivity index (χ4n) is 8.13. The number of nitrogens with one attached hydrogen (secondary N) is 1. The molecule has 0 aromatic heterocycles. The summed E-state index contributed by atoms with van der Waals surface area (Å²) < 4.78 is 54.5. The Labute approximate surface area is 372 Å². The van der Waals surface area contributed by atoms with Gasteiger partial charge in [0.15, 0.2) is 6.29 Å². The van der Waals surface area contributed by atoms with Gasteiger partial charge in [0, 0.05) is 0 Å². The molecule has 2 aliphatic heterocycles. The smallest absolute Gasteiger partial charge is 0.187 e. The highest BCUT2D eigenvalue weighted by molar-refractivity contribution is 5.18. The van der Waals surface area contributed by atoms with E-state index in [0.717, 1.165) is 46.3 Å². The number of piperidine rings is 1. The molecule has 0 unspecified atom stereocenters. The predicted octanol–water partition coefficient (Wildman–Crippen LogP) is 9.23. The molecule has 1 N–H and O–H groups in total. The first-order valence-electron chi connectivity index (χ1n) is 22.1. The lowest BCUT2D eigenvalue weighted by Crippen LogP contribution is -2.63. The van der Waals surface area contributed by atoms with Crippen LogP contribution in [0.5, 0.6) is 0 Å². The quantitative estimate of drug-likeness (QED) is 0.0719. The first-order chi connectivity index (χ1) is 31.2. The highest BCUT2D eigenvalue weighted by atomic mass is 16.7. The van der Waals surface area contributed by atoms with Gasteiger partial charge in [-0.05, 0) is 46.3 Å². The van der Waals surface area contributed by atoms with E-state index in [1.807, 2.05) is 109 Å². The maximum Gasteiger partial charge on any atom is 0.187 e. The lowest BCUT2D eigenvalue weighted by Gasteiger charge is -2.46. The zero-order valence-electron chi connectivity index (χ0n) is 35.8. The van der Waals surface area contributed by atoms with Crippen molar-refractivity contribution in [3.63, 3.8) is 0 Å². The minimum atomic E-state index is -0.849. The van der Waals surface area contributed by atoms with Crippen LogP contribution in [-0.2, 0) is 77.5 Å². The summed E-state index contributed by atoms with van der Waals surface area (Å²) in [5.74, 6) is 0. The number of hydrogen-bond acceptors (Lipinski definition) is 9. The molecule has 8 atom stereocenters. The molecule has 328 valence electrons. The molecule has 2 saturated heterocycles. The molecule has 9 heteroatoms. The summed E-state index contributed by atoms with van der Waals surface area (Å²) >= 11 is 0. The highest BCUT2D eigenvalue weighted by Crippen LogP contribution is 2.32.